The summed E-state index contributed by atoms with van der Waals surface area (Å²) < 4.78 is 1.21. The van der Waals surface area contributed by atoms with Crippen LogP contribution in [0.15, 0.2) is 15.9 Å². The number of alkyl halides is 1. The van der Waals surface area contributed by atoms with Crippen LogP contribution in [0.2, 0.25) is 0 Å². The van der Waals surface area contributed by atoms with Gasteiger partial charge < -0.3 is 0 Å². The van der Waals surface area contributed by atoms with Crippen LogP contribution in [0.25, 0.3) is 0 Å². The van der Waals surface area contributed by atoms with Gasteiger partial charge in [-0.3, -0.25) is 0 Å². The van der Waals surface area contributed by atoms with Gasteiger partial charge in [0.15, 0.2) is 0 Å². The molecule has 0 saturated heterocycles. The Bertz CT molecular complexity index is 273. The molecule has 1 rings (SSSR count). The summed E-state index contributed by atoms with van der Waals surface area (Å²) in [6.07, 6.45) is 1.17. The van der Waals surface area contributed by atoms with Crippen LogP contribution >= 0.6 is 43.2 Å². The van der Waals surface area contributed by atoms with Crippen LogP contribution in [0.4, 0.5) is 0 Å². The van der Waals surface area contributed by atoms with Gasteiger partial charge in [0.25, 0.3) is 0 Å². The molecule has 0 aliphatic heterocycles. The van der Waals surface area contributed by atoms with E-state index in [0.29, 0.717) is 10.2 Å². The Labute approximate surface area is 101 Å². The molecule has 0 aliphatic rings. The van der Waals surface area contributed by atoms with Gasteiger partial charge in [0.05, 0.1) is 3.79 Å². The molecule has 0 aromatic carbocycles. The van der Waals surface area contributed by atoms with Crippen LogP contribution < -0.4 is 0 Å². The number of hydrogen-bond donors (Lipinski definition) is 0. The van der Waals surface area contributed by atoms with Crippen LogP contribution in [-0.2, 0) is 0 Å². The molecule has 0 nitrogen and oxygen atoms in total. The van der Waals surface area contributed by atoms with Gasteiger partial charge in [-0.25, -0.2) is 0 Å². The Hall–Kier alpha value is 0.660. The van der Waals surface area contributed by atoms with Gasteiger partial charge in [-0.15, -0.1) is 11.3 Å². The van der Waals surface area contributed by atoms with Crippen LogP contribution in [0.5, 0.6) is 0 Å². The molecule has 1 aromatic rings. The summed E-state index contributed by atoms with van der Waals surface area (Å²) in [5.74, 6) is 0. The van der Waals surface area contributed by atoms with Crippen molar-refractivity contribution in [2.75, 3.05) is 0 Å². The molecule has 0 saturated carbocycles. The number of hydrogen-bond acceptors (Lipinski definition) is 1. The topological polar surface area (TPSA) is 0 Å². The van der Waals surface area contributed by atoms with Crippen molar-refractivity contribution in [1.29, 1.82) is 0 Å². The molecule has 0 radical (unpaired) electrons. The summed E-state index contributed by atoms with van der Waals surface area (Å²) in [4.78, 5) is 1.89. The molecule has 0 aliphatic carbocycles. The van der Waals surface area contributed by atoms with Crippen molar-refractivity contribution in [2.24, 2.45) is 5.41 Å². The van der Waals surface area contributed by atoms with Crippen LogP contribution in [0.3, 0.4) is 0 Å². The zero-order valence-electron chi connectivity index (χ0n) is 8.10. The minimum absolute atomic E-state index is 0.380. The molecule has 13 heavy (non-hydrogen) atoms. The maximum absolute atomic E-state index is 3.72. The third kappa shape index (κ3) is 4.13. The Morgan fingerprint density at radius 1 is 1.38 bits per heavy atom. The second-order valence-electron chi connectivity index (χ2n) is 4.37. The predicted molar refractivity (Wildman–Crippen MR) is 67.8 cm³/mol. The van der Waals surface area contributed by atoms with Crippen molar-refractivity contribution in [3.63, 3.8) is 0 Å². The summed E-state index contributed by atoms with van der Waals surface area (Å²) in [5.41, 5.74) is 0.380. The molecule has 1 atom stereocenters. The van der Waals surface area contributed by atoms with Crippen molar-refractivity contribution < 1.29 is 0 Å². The summed E-state index contributed by atoms with van der Waals surface area (Å²) in [7, 11) is 0. The molecular formula is C10H14Br2S. The first-order valence-corrected chi connectivity index (χ1v) is 6.80. The van der Waals surface area contributed by atoms with E-state index in [0.717, 1.165) is 0 Å². The Kier molecular flexibility index (Phi) is 4.02. The van der Waals surface area contributed by atoms with Gasteiger partial charge in [0, 0.05) is 9.70 Å². The van der Waals surface area contributed by atoms with E-state index >= 15 is 0 Å². The molecule has 74 valence electrons. The standard InChI is InChI=1S/C10H14Br2S/c1-10(2,3)6-7(11)8-4-5-9(12)13-8/h4-5,7H,6H2,1-3H3. The predicted octanol–water partition coefficient (Wildman–Crippen LogP) is 5.38. The summed E-state index contributed by atoms with van der Waals surface area (Å²) in [6.45, 7) is 6.80. The Morgan fingerprint density at radius 3 is 2.38 bits per heavy atom. The highest BCUT2D eigenvalue weighted by molar-refractivity contribution is 9.11. The molecule has 1 aromatic heterocycles. The van der Waals surface area contributed by atoms with Gasteiger partial charge in [0.1, 0.15) is 0 Å². The molecule has 0 fully saturated rings. The molecule has 3 heteroatoms. The normalized spacial score (nSPS) is 14.5. The molecular weight excluding hydrogens is 312 g/mol. The third-order valence-electron chi connectivity index (χ3n) is 1.69. The van der Waals surface area contributed by atoms with E-state index in [-0.39, 0.29) is 0 Å². The van der Waals surface area contributed by atoms with Gasteiger partial charge in [-0.05, 0) is 39.9 Å². The van der Waals surface area contributed by atoms with E-state index in [2.05, 4.69) is 64.8 Å². The van der Waals surface area contributed by atoms with Gasteiger partial charge >= 0.3 is 0 Å². The van der Waals surface area contributed by atoms with Gasteiger partial charge in [-0.2, -0.15) is 0 Å². The molecule has 1 unspecified atom stereocenters. The molecule has 0 amide bonds. The van der Waals surface area contributed by atoms with Gasteiger partial charge in [0.2, 0.25) is 0 Å². The van der Waals surface area contributed by atoms with Crippen LogP contribution in [0.1, 0.15) is 36.9 Å². The quantitative estimate of drug-likeness (QED) is 0.640. The number of halogens is 2. The van der Waals surface area contributed by atoms with E-state index in [9.17, 15) is 0 Å². The highest BCUT2D eigenvalue weighted by Crippen LogP contribution is 2.39. The zero-order chi connectivity index (χ0) is 10.1. The number of rotatable bonds is 2. The SMILES string of the molecule is CC(C)(C)CC(Br)c1ccc(Br)s1. The molecule has 0 spiro atoms. The van der Waals surface area contributed by atoms with Crippen molar-refractivity contribution in [1.82, 2.24) is 0 Å². The van der Waals surface area contributed by atoms with Crippen LogP contribution in [0, 0.1) is 5.41 Å². The largest absolute Gasteiger partial charge is 0.132 e. The average Bonchev–Trinajstić information content (AvgIpc) is 2.31. The lowest BCUT2D eigenvalue weighted by atomic mass is 9.90. The van der Waals surface area contributed by atoms with E-state index in [1.807, 2.05) is 0 Å². The highest BCUT2D eigenvalue weighted by atomic mass is 79.9. The fraction of sp³-hybridized carbons (Fsp3) is 0.600. The first kappa shape index (κ1) is 11.7. The van der Waals surface area contributed by atoms with E-state index < -0.39 is 0 Å². The van der Waals surface area contributed by atoms with E-state index in [1.54, 1.807) is 11.3 Å². The van der Waals surface area contributed by atoms with Crippen LogP contribution in [-0.4, -0.2) is 0 Å². The first-order valence-electron chi connectivity index (χ1n) is 4.28. The fourth-order valence-corrected chi connectivity index (χ4v) is 3.94. The summed E-state index contributed by atoms with van der Waals surface area (Å²) in [6, 6.07) is 4.29. The zero-order valence-corrected chi connectivity index (χ0v) is 12.1. The monoisotopic (exact) mass is 324 g/mol. The van der Waals surface area contributed by atoms with Crippen molar-refractivity contribution in [2.45, 2.75) is 32.0 Å². The second-order valence-corrected chi connectivity index (χ2v) is 7.97. The van der Waals surface area contributed by atoms with Crippen molar-refractivity contribution in [3.8, 4) is 0 Å². The lowest BCUT2D eigenvalue weighted by molar-refractivity contribution is 0.378. The van der Waals surface area contributed by atoms with Crippen molar-refractivity contribution in [3.05, 3.63) is 20.8 Å². The van der Waals surface area contributed by atoms with E-state index in [1.165, 1.54) is 15.1 Å². The maximum atomic E-state index is 3.72. The minimum atomic E-state index is 0.380. The Balaban J connectivity index is 2.64. The minimum Gasteiger partial charge on any atom is -0.132 e. The third-order valence-corrected chi connectivity index (χ3v) is 4.55. The van der Waals surface area contributed by atoms with Crippen molar-refractivity contribution >= 4 is 43.2 Å². The second kappa shape index (κ2) is 4.45. The average molecular weight is 326 g/mol. The maximum Gasteiger partial charge on any atom is 0.0701 e. The fourth-order valence-electron chi connectivity index (χ4n) is 1.13. The van der Waals surface area contributed by atoms with E-state index in [4.69, 9.17) is 0 Å². The van der Waals surface area contributed by atoms with Gasteiger partial charge in [-0.1, -0.05) is 36.7 Å². The first-order chi connectivity index (χ1) is 5.88. The smallest absolute Gasteiger partial charge is 0.0701 e. The summed E-state index contributed by atoms with van der Waals surface area (Å²) >= 11 is 9.01. The highest BCUT2D eigenvalue weighted by Gasteiger charge is 2.18. The Morgan fingerprint density at radius 2 is 2.00 bits per heavy atom. The molecule has 1 heterocycles. The molecule has 0 bridgehead atoms. The molecule has 0 N–H and O–H groups in total. The summed E-state index contributed by atoms with van der Waals surface area (Å²) in [5, 5.41) is 0. The number of thiophene rings is 1. The lowest BCUT2D eigenvalue weighted by Gasteiger charge is -2.21. The lowest BCUT2D eigenvalue weighted by Crippen LogP contribution is -2.07.